The topological polar surface area (TPSA) is 88.5 Å². The summed E-state index contributed by atoms with van der Waals surface area (Å²) >= 11 is 0. The van der Waals surface area contributed by atoms with Gasteiger partial charge in [0.05, 0.1) is 18.0 Å². The molecule has 0 spiro atoms. The second-order valence-electron chi connectivity index (χ2n) is 5.59. The van der Waals surface area contributed by atoms with Crippen molar-refractivity contribution in [3.8, 4) is 11.3 Å². The van der Waals surface area contributed by atoms with Crippen LogP contribution in [0.15, 0.2) is 65.5 Å². The molecule has 0 aliphatic rings. The zero-order valence-corrected chi connectivity index (χ0v) is 13.4. The van der Waals surface area contributed by atoms with Gasteiger partial charge >= 0.3 is 0 Å². The van der Waals surface area contributed by atoms with Crippen molar-refractivity contribution in [3.05, 3.63) is 66.9 Å². The molecule has 0 aliphatic heterocycles. The van der Waals surface area contributed by atoms with Crippen molar-refractivity contribution in [1.82, 2.24) is 19.6 Å². The molecule has 4 aromatic rings. The van der Waals surface area contributed by atoms with Crippen LogP contribution in [0.3, 0.4) is 0 Å². The summed E-state index contributed by atoms with van der Waals surface area (Å²) in [5, 5.41) is 17.0. The minimum Gasteiger partial charge on any atom is -0.467 e. The fourth-order valence-corrected chi connectivity index (χ4v) is 2.75. The Balaban J connectivity index is 1.76. The molecule has 0 bridgehead atoms. The van der Waals surface area contributed by atoms with Crippen molar-refractivity contribution in [2.45, 2.75) is 12.5 Å². The fraction of sp³-hybridized carbons (Fsp3) is 0.167. The number of hydrogen-bond acceptors (Lipinski definition) is 6. The van der Waals surface area contributed by atoms with Gasteiger partial charge in [-0.1, -0.05) is 30.3 Å². The number of nitrogens with one attached hydrogen (secondary N) is 1. The Morgan fingerprint density at radius 2 is 2.04 bits per heavy atom. The molecule has 3 aromatic heterocycles. The van der Waals surface area contributed by atoms with Gasteiger partial charge in [0.25, 0.3) is 5.78 Å². The van der Waals surface area contributed by atoms with E-state index >= 15 is 0 Å². The molecule has 3 heterocycles. The van der Waals surface area contributed by atoms with E-state index in [1.165, 1.54) is 6.33 Å². The highest BCUT2D eigenvalue weighted by Crippen LogP contribution is 2.26. The van der Waals surface area contributed by atoms with Gasteiger partial charge in [0.2, 0.25) is 0 Å². The number of hydrogen-bond donors (Lipinski definition) is 2. The Morgan fingerprint density at radius 3 is 2.80 bits per heavy atom. The lowest BCUT2D eigenvalue weighted by Gasteiger charge is -2.18. The molecule has 0 amide bonds. The Labute approximate surface area is 144 Å². The van der Waals surface area contributed by atoms with Gasteiger partial charge in [0.1, 0.15) is 17.9 Å². The van der Waals surface area contributed by atoms with E-state index in [1.54, 1.807) is 10.8 Å². The van der Waals surface area contributed by atoms with Gasteiger partial charge in [-0.05, 0) is 18.6 Å². The van der Waals surface area contributed by atoms with Crippen LogP contribution in [0.1, 0.15) is 18.2 Å². The number of benzene rings is 1. The van der Waals surface area contributed by atoms with Crippen LogP contribution in [-0.2, 0) is 0 Å². The van der Waals surface area contributed by atoms with Crippen LogP contribution in [-0.4, -0.2) is 31.3 Å². The average Bonchev–Trinajstić information content (AvgIpc) is 3.33. The molecule has 25 heavy (non-hydrogen) atoms. The standard InChI is InChI=1S/C18H17N5O2/c24-9-8-14(16-7-4-10-25-16)21-17-11-15(13-5-2-1-3-6-13)22-18-19-12-20-23(17)18/h1-7,10-12,14,21,24H,8-9H2. The number of aromatic nitrogens is 4. The van der Waals surface area contributed by atoms with Crippen molar-refractivity contribution in [2.75, 3.05) is 11.9 Å². The first-order chi connectivity index (χ1) is 12.3. The maximum absolute atomic E-state index is 9.39. The van der Waals surface area contributed by atoms with Crippen molar-refractivity contribution in [1.29, 1.82) is 0 Å². The Hall–Kier alpha value is -3.19. The molecule has 7 heteroatoms. The predicted molar refractivity (Wildman–Crippen MR) is 93.0 cm³/mol. The second-order valence-corrected chi connectivity index (χ2v) is 5.59. The highest BCUT2D eigenvalue weighted by atomic mass is 16.3. The summed E-state index contributed by atoms with van der Waals surface area (Å²) in [5.74, 6) is 1.99. The molecular formula is C18H17N5O2. The van der Waals surface area contributed by atoms with Crippen LogP contribution in [0.4, 0.5) is 5.82 Å². The van der Waals surface area contributed by atoms with Crippen molar-refractivity contribution >= 4 is 11.6 Å². The number of aliphatic hydroxyl groups is 1. The third-order valence-electron chi connectivity index (χ3n) is 3.95. The van der Waals surface area contributed by atoms with Crippen LogP contribution in [0.2, 0.25) is 0 Å². The fourth-order valence-electron chi connectivity index (χ4n) is 2.75. The summed E-state index contributed by atoms with van der Waals surface area (Å²) in [7, 11) is 0. The van der Waals surface area contributed by atoms with Crippen LogP contribution in [0.5, 0.6) is 0 Å². The molecule has 126 valence electrons. The molecule has 0 saturated heterocycles. The predicted octanol–water partition coefficient (Wildman–Crippen LogP) is 2.92. The molecule has 0 fully saturated rings. The number of rotatable bonds is 6. The smallest absolute Gasteiger partial charge is 0.254 e. The zero-order valence-electron chi connectivity index (χ0n) is 13.4. The van der Waals surface area contributed by atoms with E-state index < -0.39 is 0 Å². The first kappa shape index (κ1) is 15.3. The number of anilines is 1. The van der Waals surface area contributed by atoms with Gasteiger partial charge < -0.3 is 14.8 Å². The molecular weight excluding hydrogens is 318 g/mol. The highest BCUT2D eigenvalue weighted by molar-refractivity contribution is 5.65. The van der Waals surface area contributed by atoms with Crippen LogP contribution >= 0.6 is 0 Å². The molecule has 1 aromatic carbocycles. The van der Waals surface area contributed by atoms with Gasteiger partial charge in [-0.15, -0.1) is 0 Å². The average molecular weight is 335 g/mol. The van der Waals surface area contributed by atoms with Crippen LogP contribution in [0.25, 0.3) is 17.0 Å². The zero-order chi connectivity index (χ0) is 17.1. The summed E-state index contributed by atoms with van der Waals surface area (Å²) in [6, 6.07) is 15.3. The Bertz CT molecular complexity index is 950. The maximum Gasteiger partial charge on any atom is 0.254 e. The SMILES string of the molecule is OCCC(Nc1cc(-c2ccccc2)nc2ncnn12)c1ccco1. The molecule has 2 N–H and O–H groups in total. The first-order valence-electron chi connectivity index (χ1n) is 8.02. The quantitative estimate of drug-likeness (QED) is 0.563. The summed E-state index contributed by atoms with van der Waals surface area (Å²) in [6.45, 7) is 0.0372. The normalized spacial score (nSPS) is 12.4. The monoisotopic (exact) mass is 335 g/mol. The van der Waals surface area contributed by atoms with Gasteiger partial charge in [0, 0.05) is 18.2 Å². The number of fused-ring (bicyclic) bond motifs is 1. The van der Waals surface area contributed by atoms with E-state index in [9.17, 15) is 5.11 Å². The molecule has 1 unspecified atom stereocenters. The molecule has 4 rings (SSSR count). The summed E-state index contributed by atoms with van der Waals surface area (Å²) < 4.78 is 7.13. The minimum absolute atomic E-state index is 0.0372. The summed E-state index contributed by atoms with van der Waals surface area (Å²) in [5.41, 5.74) is 1.79. The van der Waals surface area contributed by atoms with E-state index in [4.69, 9.17) is 4.42 Å². The molecule has 0 radical (unpaired) electrons. The molecule has 0 aliphatic carbocycles. The lowest BCUT2D eigenvalue weighted by molar-refractivity contribution is 0.273. The number of furan rings is 1. The van der Waals surface area contributed by atoms with E-state index in [0.717, 1.165) is 22.8 Å². The number of aliphatic hydroxyl groups excluding tert-OH is 1. The van der Waals surface area contributed by atoms with Crippen molar-refractivity contribution in [2.24, 2.45) is 0 Å². The maximum atomic E-state index is 9.39. The largest absolute Gasteiger partial charge is 0.467 e. The molecule has 7 nitrogen and oxygen atoms in total. The summed E-state index contributed by atoms with van der Waals surface area (Å²) in [6.07, 6.45) is 3.59. The molecule has 0 saturated carbocycles. The van der Waals surface area contributed by atoms with Gasteiger partial charge in [-0.25, -0.2) is 4.98 Å². The minimum atomic E-state index is -0.182. The van der Waals surface area contributed by atoms with Crippen molar-refractivity contribution < 1.29 is 9.52 Å². The summed E-state index contributed by atoms with van der Waals surface area (Å²) in [4.78, 5) is 8.77. The third kappa shape index (κ3) is 3.09. The van der Waals surface area contributed by atoms with Crippen LogP contribution < -0.4 is 5.32 Å². The number of nitrogens with zero attached hydrogens (tertiary/aromatic N) is 4. The third-order valence-corrected chi connectivity index (χ3v) is 3.95. The Kier molecular flexibility index (Phi) is 4.14. The van der Waals surface area contributed by atoms with Gasteiger partial charge in [-0.3, -0.25) is 0 Å². The van der Waals surface area contributed by atoms with E-state index in [1.807, 2.05) is 48.5 Å². The van der Waals surface area contributed by atoms with Gasteiger partial charge in [0.15, 0.2) is 0 Å². The lowest BCUT2D eigenvalue weighted by atomic mass is 10.1. The van der Waals surface area contributed by atoms with E-state index in [-0.39, 0.29) is 12.6 Å². The van der Waals surface area contributed by atoms with Gasteiger partial charge in [-0.2, -0.15) is 14.6 Å². The van der Waals surface area contributed by atoms with Crippen LogP contribution in [0, 0.1) is 0 Å². The molecule has 1 atom stereocenters. The lowest BCUT2D eigenvalue weighted by Crippen LogP contribution is -2.15. The van der Waals surface area contributed by atoms with Crippen molar-refractivity contribution in [3.63, 3.8) is 0 Å². The second kappa shape index (κ2) is 6.74. The highest BCUT2D eigenvalue weighted by Gasteiger charge is 2.17. The van der Waals surface area contributed by atoms with E-state index in [0.29, 0.717) is 12.2 Å². The first-order valence-corrected chi connectivity index (χ1v) is 8.02. The Morgan fingerprint density at radius 1 is 1.16 bits per heavy atom. The van der Waals surface area contributed by atoms with E-state index in [2.05, 4.69) is 20.4 Å².